The number of carbonyl (C=O) groups excluding carboxylic acids is 1. The van der Waals surface area contributed by atoms with Gasteiger partial charge in [0, 0.05) is 11.8 Å². The predicted octanol–water partition coefficient (Wildman–Crippen LogP) is 5.07. The highest BCUT2D eigenvalue weighted by Crippen LogP contribution is 2.27. The minimum atomic E-state index is -0.378. The van der Waals surface area contributed by atoms with Crippen molar-refractivity contribution in [2.45, 2.75) is 45.4 Å². The van der Waals surface area contributed by atoms with E-state index in [4.69, 9.17) is 11.6 Å². The molecule has 0 saturated heterocycles. The lowest BCUT2D eigenvalue weighted by atomic mass is 9.86. The molecule has 8 heteroatoms. The van der Waals surface area contributed by atoms with Crippen LogP contribution in [0.15, 0.2) is 30.3 Å². The molecular formula is C21H23ClFN5O. The predicted molar refractivity (Wildman–Crippen MR) is 110 cm³/mol. The summed E-state index contributed by atoms with van der Waals surface area (Å²) in [4.78, 5) is 12.8. The number of anilines is 1. The van der Waals surface area contributed by atoms with Crippen LogP contribution >= 0.6 is 11.6 Å². The van der Waals surface area contributed by atoms with Crippen molar-refractivity contribution in [1.29, 1.82) is 0 Å². The van der Waals surface area contributed by atoms with Crippen LogP contribution in [0.3, 0.4) is 0 Å². The first-order chi connectivity index (χ1) is 14.0. The van der Waals surface area contributed by atoms with Crippen molar-refractivity contribution in [3.05, 3.63) is 58.3 Å². The van der Waals surface area contributed by atoms with Crippen LogP contribution in [0.2, 0.25) is 5.15 Å². The highest BCUT2D eigenvalue weighted by Gasteiger charge is 2.22. The molecule has 1 aromatic carbocycles. The van der Waals surface area contributed by atoms with Gasteiger partial charge in [0.2, 0.25) is 0 Å². The number of H-pyrrole nitrogens is 1. The zero-order chi connectivity index (χ0) is 20.4. The maximum absolute atomic E-state index is 13.2. The van der Waals surface area contributed by atoms with Gasteiger partial charge in [0.25, 0.3) is 5.91 Å². The maximum Gasteiger partial charge on any atom is 0.261 e. The van der Waals surface area contributed by atoms with Gasteiger partial charge in [-0.25, -0.2) is 9.07 Å². The Kier molecular flexibility index (Phi) is 5.67. The summed E-state index contributed by atoms with van der Waals surface area (Å²) in [5.74, 6) is 0.412. The van der Waals surface area contributed by atoms with E-state index >= 15 is 0 Å². The summed E-state index contributed by atoms with van der Waals surface area (Å²) in [5.41, 5.74) is 2.35. The van der Waals surface area contributed by atoms with Crippen LogP contribution in [0.25, 0.3) is 5.69 Å². The van der Waals surface area contributed by atoms with E-state index in [1.54, 1.807) is 19.1 Å². The number of rotatable bonds is 5. The van der Waals surface area contributed by atoms with Crippen LogP contribution in [0.4, 0.5) is 10.2 Å². The molecule has 0 aliphatic heterocycles. The fourth-order valence-corrected chi connectivity index (χ4v) is 4.28. The van der Waals surface area contributed by atoms with E-state index < -0.39 is 0 Å². The van der Waals surface area contributed by atoms with Crippen LogP contribution in [-0.4, -0.2) is 25.9 Å². The third-order valence-corrected chi connectivity index (χ3v) is 5.76. The van der Waals surface area contributed by atoms with Crippen molar-refractivity contribution in [2.24, 2.45) is 5.92 Å². The number of aromatic nitrogens is 4. The number of nitrogens with zero attached hydrogens (tertiary/aromatic N) is 3. The lowest BCUT2D eigenvalue weighted by molar-refractivity contribution is 0.102. The average molecular weight is 416 g/mol. The fraction of sp³-hybridized carbons (Fsp3) is 0.381. The summed E-state index contributed by atoms with van der Waals surface area (Å²) in [6.45, 7) is 1.71. The molecule has 0 radical (unpaired) electrons. The van der Waals surface area contributed by atoms with E-state index in [2.05, 4.69) is 20.6 Å². The number of hydrogen-bond acceptors (Lipinski definition) is 3. The Bertz CT molecular complexity index is 1000. The van der Waals surface area contributed by atoms with Crippen molar-refractivity contribution < 1.29 is 9.18 Å². The zero-order valence-corrected chi connectivity index (χ0v) is 17.0. The van der Waals surface area contributed by atoms with Crippen LogP contribution in [0, 0.1) is 18.7 Å². The summed E-state index contributed by atoms with van der Waals surface area (Å²) >= 11 is 6.42. The summed E-state index contributed by atoms with van der Waals surface area (Å²) in [6.07, 6.45) is 7.35. The number of aromatic amines is 1. The molecule has 152 valence electrons. The molecule has 6 nitrogen and oxygen atoms in total. The van der Waals surface area contributed by atoms with Crippen LogP contribution in [0.1, 0.15) is 53.8 Å². The van der Waals surface area contributed by atoms with Gasteiger partial charge in [0.05, 0.1) is 11.4 Å². The number of amides is 1. The summed E-state index contributed by atoms with van der Waals surface area (Å²) in [7, 11) is 0. The number of halogens is 2. The van der Waals surface area contributed by atoms with E-state index in [0.29, 0.717) is 23.1 Å². The Hall–Kier alpha value is -2.67. The second-order valence-corrected chi connectivity index (χ2v) is 7.94. The van der Waals surface area contributed by atoms with Crippen molar-refractivity contribution in [3.8, 4) is 5.69 Å². The molecule has 0 unspecified atom stereocenters. The normalized spacial score (nSPS) is 14.9. The van der Waals surface area contributed by atoms with Crippen LogP contribution in [0.5, 0.6) is 0 Å². The van der Waals surface area contributed by atoms with Gasteiger partial charge in [0.1, 0.15) is 16.5 Å². The lowest BCUT2D eigenvalue weighted by Crippen LogP contribution is -2.13. The van der Waals surface area contributed by atoms with E-state index in [0.717, 1.165) is 12.1 Å². The number of hydrogen-bond donors (Lipinski definition) is 2. The van der Waals surface area contributed by atoms with E-state index in [1.807, 2.05) is 6.07 Å². The average Bonchev–Trinajstić information content (AvgIpc) is 3.26. The van der Waals surface area contributed by atoms with E-state index in [-0.39, 0.29) is 22.4 Å². The Morgan fingerprint density at radius 1 is 1.28 bits per heavy atom. The molecule has 1 saturated carbocycles. The van der Waals surface area contributed by atoms with Gasteiger partial charge in [-0.15, -0.1) is 0 Å². The van der Waals surface area contributed by atoms with Gasteiger partial charge in [-0.1, -0.05) is 43.7 Å². The van der Waals surface area contributed by atoms with Crippen LogP contribution in [-0.2, 0) is 6.42 Å². The smallest absolute Gasteiger partial charge is 0.261 e. The maximum atomic E-state index is 13.2. The Morgan fingerprint density at radius 2 is 2.00 bits per heavy atom. The number of nitrogens with one attached hydrogen (secondary N) is 2. The molecule has 29 heavy (non-hydrogen) atoms. The van der Waals surface area contributed by atoms with Crippen LogP contribution < -0.4 is 5.32 Å². The molecule has 1 amide bonds. The van der Waals surface area contributed by atoms with Gasteiger partial charge < -0.3 is 5.32 Å². The third-order valence-electron chi connectivity index (χ3n) is 5.41. The highest BCUT2D eigenvalue weighted by molar-refractivity contribution is 6.34. The van der Waals surface area contributed by atoms with Gasteiger partial charge in [-0.2, -0.15) is 10.2 Å². The zero-order valence-electron chi connectivity index (χ0n) is 16.2. The van der Waals surface area contributed by atoms with Gasteiger partial charge in [-0.3, -0.25) is 9.89 Å². The number of benzene rings is 1. The van der Waals surface area contributed by atoms with Crippen molar-refractivity contribution >= 4 is 23.3 Å². The largest absolute Gasteiger partial charge is 0.305 e. The minimum Gasteiger partial charge on any atom is -0.305 e. The second-order valence-electron chi connectivity index (χ2n) is 7.58. The summed E-state index contributed by atoms with van der Waals surface area (Å²) < 4.78 is 14.6. The molecule has 4 rings (SSSR count). The first-order valence-electron chi connectivity index (χ1n) is 9.88. The summed E-state index contributed by atoms with van der Waals surface area (Å²) in [5, 5.41) is 14.5. The molecule has 2 aromatic heterocycles. The third kappa shape index (κ3) is 4.34. The van der Waals surface area contributed by atoms with Crippen molar-refractivity contribution in [3.63, 3.8) is 0 Å². The second kappa shape index (κ2) is 8.37. The first kappa shape index (κ1) is 19.6. The molecule has 1 aliphatic rings. The molecule has 0 atom stereocenters. The van der Waals surface area contributed by atoms with E-state index in [1.165, 1.54) is 48.9 Å². The summed E-state index contributed by atoms with van der Waals surface area (Å²) in [6, 6.07) is 7.63. The molecule has 3 aromatic rings. The quantitative estimate of drug-likeness (QED) is 0.610. The Labute approximate surface area is 173 Å². The van der Waals surface area contributed by atoms with Crippen molar-refractivity contribution in [2.75, 3.05) is 5.32 Å². The SMILES string of the molecule is Cc1nn(-c2ccc(F)cc2)c(Cl)c1C(=O)Nc1cc(CC2CCCCC2)[nH]n1. The Balaban J connectivity index is 1.48. The number of aryl methyl sites for hydroxylation is 1. The monoisotopic (exact) mass is 415 g/mol. The van der Waals surface area contributed by atoms with Crippen molar-refractivity contribution in [1.82, 2.24) is 20.0 Å². The standard InChI is InChI=1S/C21H23ClFN5O/c1-13-19(20(22)28(27-13)17-9-7-15(23)8-10-17)21(29)24-18-12-16(25-26-18)11-14-5-3-2-4-6-14/h7-10,12,14H,2-6,11H2,1H3,(H2,24,25,26,29). The van der Waals surface area contributed by atoms with Gasteiger partial charge in [-0.05, 0) is 43.5 Å². The first-order valence-corrected chi connectivity index (χ1v) is 10.3. The molecule has 2 N–H and O–H groups in total. The number of carbonyl (C=O) groups is 1. The van der Waals surface area contributed by atoms with E-state index in [9.17, 15) is 9.18 Å². The Morgan fingerprint density at radius 3 is 2.72 bits per heavy atom. The molecule has 0 spiro atoms. The topological polar surface area (TPSA) is 75.6 Å². The molecular weight excluding hydrogens is 393 g/mol. The minimum absolute atomic E-state index is 0.171. The molecule has 2 heterocycles. The van der Waals surface area contributed by atoms with Gasteiger partial charge in [0.15, 0.2) is 5.82 Å². The van der Waals surface area contributed by atoms with Gasteiger partial charge >= 0.3 is 0 Å². The highest BCUT2D eigenvalue weighted by atomic mass is 35.5. The molecule has 1 fully saturated rings. The molecule has 1 aliphatic carbocycles. The fourth-order valence-electron chi connectivity index (χ4n) is 3.92. The molecule has 0 bridgehead atoms. The lowest BCUT2D eigenvalue weighted by Gasteiger charge is -2.20.